The fourth-order valence-electron chi connectivity index (χ4n) is 1.79. The highest BCUT2D eigenvalue weighted by Gasteiger charge is 2.12. The molecule has 0 aliphatic carbocycles. The Balaban J connectivity index is 1.99. The van der Waals surface area contributed by atoms with E-state index in [9.17, 15) is 14.9 Å². The van der Waals surface area contributed by atoms with Gasteiger partial charge in [-0.3, -0.25) is 14.9 Å². The van der Waals surface area contributed by atoms with Gasteiger partial charge in [-0.25, -0.2) is 0 Å². The lowest BCUT2D eigenvalue weighted by atomic mass is 10.2. The number of nitrogens with one attached hydrogen (secondary N) is 1. The number of nitro benzene ring substituents is 1. The third kappa shape index (κ3) is 4.17. The number of anilines is 1. The summed E-state index contributed by atoms with van der Waals surface area (Å²) in [6.07, 6.45) is 0. The maximum Gasteiger partial charge on any atom is 0.274 e. The van der Waals surface area contributed by atoms with Gasteiger partial charge in [-0.15, -0.1) is 0 Å². The Morgan fingerprint density at radius 1 is 1.32 bits per heavy atom. The number of carbonyl (C=O) groups is 1. The van der Waals surface area contributed by atoms with Gasteiger partial charge in [0.05, 0.1) is 8.49 Å². The zero-order valence-corrected chi connectivity index (χ0v) is 13.9. The topological polar surface area (TPSA) is 81.5 Å². The summed E-state index contributed by atoms with van der Waals surface area (Å²) >= 11 is 2.11. The molecule has 22 heavy (non-hydrogen) atoms. The highest BCUT2D eigenvalue weighted by atomic mass is 127. The molecule has 0 spiro atoms. The van der Waals surface area contributed by atoms with Crippen LogP contribution in [0.2, 0.25) is 0 Å². The largest absolute Gasteiger partial charge is 0.483 e. The molecule has 0 atom stereocenters. The van der Waals surface area contributed by atoms with E-state index in [0.717, 1.165) is 3.57 Å². The summed E-state index contributed by atoms with van der Waals surface area (Å²) in [5, 5.41) is 13.5. The number of ether oxygens (including phenoxy) is 1. The van der Waals surface area contributed by atoms with Crippen LogP contribution in [0.1, 0.15) is 5.56 Å². The Morgan fingerprint density at radius 2 is 2.05 bits per heavy atom. The molecule has 6 nitrogen and oxygen atoms in total. The van der Waals surface area contributed by atoms with Crippen molar-refractivity contribution in [1.82, 2.24) is 0 Å². The van der Waals surface area contributed by atoms with E-state index in [-0.39, 0.29) is 18.2 Å². The van der Waals surface area contributed by atoms with Gasteiger partial charge in [-0.1, -0.05) is 18.2 Å². The summed E-state index contributed by atoms with van der Waals surface area (Å²) < 4.78 is 6.32. The van der Waals surface area contributed by atoms with Crippen molar-refractivity contribution in [1.29, 1.82) is 0 Å². The van der Waals surface area contributed by atoms with Crippen molar-refractivity contribution < 1.29 is 14.5 Å². The van der Waals surface area contributed by atoms with Gasteiger partial charge >= 0.3 is 0 Å². The summed E-state index contributed by atoms with van der Waals surface area (Å²) in [7, 11) is 0. The number of nitrogens with zero attached hydrogens (tertiary/aromatic N) is 1. The minimum atomic E-state index is -0.478. The van der Waals surface area contributed by atoms with Crippen molar-refractivity contribution in [2.45, 2.75) is 6.92 Å². The van der Waals surface area contributed by atoms with E-state index in [1.807, 2.05) is 18.2 Å². The minimum Gasteiger partial charge on any atom is -0.483 e. The number of hydrogen-bond acceptors (Lipinski definition) is 4. The SMILES string of the molecule is Cc1ccc(NC(=O)COc2ccccc2I)cc1[N+](=O)[O-]. The first kappa shape index (κ1) is 16.2. The minimum absolute atomic E-state index is 0.0312. The third-order valence-electron chi connectivity index (χ3n) is 2.89. The fraction of sp³-hybridized carbons (Fsp3) is 0.133. The number of hydrogen-bond donors (Lipinski definition) is 1. The molecular weight excluding hydrogens is 399 g/mol. The smallest absolute Gasteiger partial charge is 0.274 e. The van der Waals surface area contributed by atoms with Gasteiger partial charge in [-0.05, 0) is 47.7 Å². The number of halogens is 1. The molecular formula is C15H13IN2O4. The van der Waals surface area contributed by atoms with Crippen LogP contribution in [0.15, 0.2) is 42.5 Å². The molecule has 0 aliphatic heterocycles. The van der Waals surface area contributed by atoms with Crippen molar-refractivity contribution >= 4 is 39.9 Å². The van der Waals surface area contributed by atoms with Crippen molar-refractivity contribution in [3.05, 3.63) is 61.7 Å². The van der Waals surface area contributed by atoms with Crippen LogP contribution in [0, 0.1) is 20.6 Å². The Morgan fingerprint density at radius 3 is 2.73 bits per heavy atom. The number of amides is 1. The van der Waals surface area contributed by atoms with Crippen molar-refractivity contribution in [2.75, 3.05) is 11.9 Å². The number of para-hydroxylation sites is 1. The molecule has 2 aromatic rings. The fourth-order valence-corrected chi connectivity index (χ4v) is 2.33. The van der Waals surface area contributed by atoms with Crippen LogP contribution in [0.3, 0.4) is 0 Å². The Labute approximate surface area is 140 Å². The van der Waals surface area contributed by atoms with Gasteiger partial charge < -0.3 is 10.1 Å². The number of benzene rings is 2. The lowest BCUT2D eigenvalue weighted by Gasteiger charge is -2.09. The highest BCUT2D eigenvalue weighted by Crippen LogP contribution is 2.22. The Hall–Kier alpha value is -2.16. The van der Waals surface area contributed by atoms with Gasteiger partial charge in [0.2, 0.25) is 0 Å². The second-order valence-corrected chi connectivity index (χ2v) is 5.69. The molecule has 0 bridgehead atoms. The molecule has 0 unspecified atom stereocenters. The standard InChI is InChI=1S/C15H13IN2O4/c1-10-6-7-11(8-13(10)18(20)21)17-15(19)9-22-14-5-3-2-4-12(14)16/h2-8H,9H2,1H3,(H,17,19). The molecule has 0 aliphatic rings. The molecule has 0 heterocycles. The number of rotatable bonds is 5. The molecule has 2 rings (SSSR count). The quantitative estimate of drug-likeness (QED) is 0.463. The van der Waals surface area contributed by atoms with E-state index in [0.29, 0.717) is 17.0 Å². The van der Waals surface area contributed by atoms with E-state index < -0.39 is 4.92 Å². The molecule has 0 saturated heterocycles. The number of aryl methyl sites for hydroxylation is 1. The number of carbonyl (C=O) groups excluding carboxylic acids is 1. The van der Waals surface area contributed by atoms with Crippen LogP contribution < -0.4 is 10.1 Å². The molecule has 0 saturated carbocycles. The molecule has 7 heteroatoms. The van der Waals surface area contributed by atoms with Crippen molar-refractivity contribution in [2.24, 2.45) is 0 Å². The van der Waals surface area contributed by atoms with E-state index in [4.69, 9.17) is 4.74 Å². The van der Waals surface area contributed by atoms with Gasteiger partial charge in [0, 0.05) is 17.3 Å². The van der Waals surface area contributed by atoms with E-state index in [1.165, 1.54) is 6.07 Å². The van der Waals surface area contributed by atoms with Crippen LogP contribution in [-0.4, -0.2) is 17.4 Å². The molecule has 0 fully saturated rings. The summed E-state index contributed by atoms with van der Waals surface area (Å²) in [4.78, 5) is 22.3. The maximum atomic E-state index is 11.9. The lowest BCUT2D eigenvalue weighted by Crippen LogP contribution is -2.20. The monoisotopic (exact) mass is 412 g/mol. The summed E-state index contributed by atoms with van der Waals surface area (Å²) in [5.74, 6) is 0.242. The van der Waals surface area contributed by atoms with E-state index in [2.05, 4.69) is 27.9 Å². The van der Waals surface area contributed by atoms with Crippen LogP contribution in [0.4, 0.5) is 11.4 Å². The molecule has 0 radical (unpaired) electrons. The van der Waals surface area contributed by atoms with Gasteiger partial charge in [0.1, 0.15) is 5.75 Å². The highest BCUT2D eigenvalue weighted by molar-refractivity contribution is 14.1. The first-order chi connectivity index (χ1) is 10.5. The molecule has 1 N–H and O–H groups in total. The molecule has 0 aromatic heterocycles. The van der Waals surface area contributed by atoms with E-state index in [1.54, 1.807) is 25.1 Å². The van der Waals surface area contributed by atoms with Crippen LogP contribution in [0.25, 0.3) is 0 Å². The van der Waals surface area contributed by atoms with Crippen molar-refractivity contribution in [3.63, 3.8) is 0 Å². The summed E-state index contributed by atoms with van der Waals surface area (Å²) in [5.41, 5.74) is 0.878. The molecule has 2 aromatic carbocycles. The molecule has 1 amide bonds. The normalized spacial score (nSPS) is 10.1. The maximum absolute atomic E-state index is 11.9. The van der Waals surface area contributed by atoms with Crippen molar-refractivity contribution in [3.8, 4) is 5.75 Å². The second-order valence-electron chi connectivity index (χ2n) is 4.53. The summed E-state index contributed by atoms with van der Waals surface area (Å²) in [6, 6.07) is 11.9. The zero-order valence-electron chi connectivity index (χ0n) is 11.7. The zero-order chi connectivity index (χ0) is 16.1. The third-order valence-corrected chi connectivity index (χ3v) is 3.78. The van der Waals surface area contributed by atoms with Gasteiger partial charge in [0.25, 0.3) is 11.6 Å². The van der Waals surface area contributed by atoms with Gasteiger partial charge in [0.15, 0.2) is 6.61 Å². The van der Waals surface area contributed by atoms with E-state index >= 15 is 0 Å². The predicted molar refractivity (Wildman–Crippen MR) is 91.1 cm³/mol. The van der Waals surface area contributed by atoms with Crippen LogP contribution in [0.5, 0.6) is 5.75 Å². The average Bonchev–Trinajstić information content (AvgIpc) is 2.48. The average molecular weight is 412 g/mol. The Bertz CT molecular complexity index is 718. The second kappa shape index (κ2) is 7.21. The predicted octanol–water partition coefficient (Wildman–Crippen LogP) is 3.53. The first-order valence-corrected chi connectivity index (χ1v) is 7.47. The van der Waals surface area contributed by atoms with Gasteiger partial charge in [-0.2, -0.15) is 0 Å². The van der Waals surface area contributed by atoms with Crippen LogP contribution in [-0.2, 0) is 4.79 Å². The van der Waals surface area contributed by atoms with Crippen LogP contribution >= 0.6 is 22.6 Å². The number of nitro groups is 1. The first-order valence-electron chi connectivity index (χ1n) is 6.39. The molecule has 114 valence electrons. The Kier molecular flexibility index (Phi) is 5.31. The summed E-state index contributed by atoms with van der Waals surface area (Å²) in [6.45, 7) is 1.48. The lowest BCUT2D eigenvalue weighted by molar-refractivity contribution is -0.385.